The first-order valence-electron chi connectivity index (χ1n) is 7.22. The van der Waals surface area contributed by atoms with E-state index in [1.807, 2.05) is 22.6 Å². The van der Waals surface area contributed by atoms with Crippen molar-refractivity contribution >= 4 is 34.2 Å². The van der Waals surface area contributed by atoms with Gasteiger partial charge in [0.15, 0.2) is 0 Å². The van der Waals surface area contributed by atoms with Crippen LogP contribution in [0.3, 0.4) is 0 Å². The SMILES string of the molecule is CC1CCCC(NC(=O)c2cc([N+](=O)[O-])ccc2I)CC1. The predicted octanol–water partition coefficient (Wildman–Crippen LogP) is 3.90. The number of halogens is 1. The van der Waals surface area contributed by atoms with Crippen molar-refractivity contribution in [2.45, 2.75) is 45.1 Å². The zero-order valence-electron chi connectivity index (χ0n) is 12.0. The quantitative estimate of drug-likeness (QED) is 0.361. The minimum absolute atomic E-state index is 0.0462. The average molecular weight is 402 g/mol. The maximum Gasteiger partial charge on any atom is 0.270 e. The van der Waals surface area contributed by atoms with E-state index in [1.54, 1.807) is 6.07 Å². The summed E-state index contributed by atoms with van der Waals surface area (Å²) in [5.74, 6) is 0.507. The molecule has 5 nitrogen and oxygen atoms in total. The molecule has 0 aliphatic heterocycles. The Bertz CT molecular complexity index is 548. The fourth-order valence-electron chi connectivity index (χ4n) is 2.70. The lowest BCUT2D eigenvalue weighted by Crippen LogP contribution is -2.34. The topological polar surface area (TPSA) is 72.2 Å². The molecule has 6 heteroatoms. The molecular weight excluding hydrogens is 383 g/mol. The zero-order chi connectivity index (χ0) is 15.4. The summed E-state index contributed by atoms with van der Waals surface area (Å²) in [6, 6.07) is 4.57. The van der Waals surface area contributed by atoms with Gasteiger partial charge in [0.1, 0.15) is 0 Å². The Morgan fingerprint density at radius 2 is 2.10 bits per heavy atom. The van der Waals surface area contributed by atoms with Gasteiger partial charge in [-0.05, 0) is 53.8 Å². The van der Waals surface area contributed by atoms with Crippen molar-refractivity contribution in [3.05, 3.63) is 37.4 Å². The lowest BCUT2D eigenvalue weighted by Gasteiger charge is -2.17. The molecule has 0 aromatic heterocycles. The first-order chi connectivity index (χ1) is 9.97. The molecule has 1 aliphatic carbocycles. The lowest BCUT2D eigenvalue weighted by atomic mass is 10.0. The van der Waals surface area contributed by atoms with Gasteiger partial charge in [0, 0.05) is 21.7 Å². The van der Waals surface area contributed by atoms with Crippen molar-refractivity contribution in [3.63, 3.8) is 0 Å². The van der Waals surface area contributed by atoms with Crippen molar-refractivity contribution in [2.24, 2.45) is 5.92 Å². The Morgan fingerprint density at radius 3 is 2.81 bits per heavy atom. The highest BCUT2D eigenvalue weighted by atomic mass is 127. The molecule has 0 spiro atoms. The largest absolute Gasteiger partial charge is 0.349 e. The molecule has 1 fully saturated rings. The van der Waals surface area contributed by atoms with Crippen LogP contribution in [0.4, 0.5) is 5.69 Å². The van der Waals surface area contributed by atoms with E-state index in [-0.39, 0.29) is 17.6 Å². The van der Waals surface area contributed by atoms with Crippen molar-refractivity contribution in [2.75, 3.05) is 0 Å². The number of benzene rings is 1. The van der Waals surface area contributed by atoms with E-state index in [1.165, 1.54) is 18.6 Å². The second-order valence-corrected chi connectivity index (χ2v) is 6.87. The Kier molecular flexibility index (Phi) is 5.55. The minimum atomic E-state index is -0.472. The van der Waals surface area contributed by atoms with Gasteiger partial charge in [0.25, 0.3) is 11.6 Å². The molecule has 2 unspecified atom stereocenters. The number of nitro benzene ring substituents is 1. The van der Waals surface area contributed by atoms with Crippen molar-refractivity contribution in [3.8, 4) is 0 Å². The first-order valence-corrected chi connectivity index (χ1v) is 8.30. The number of carbonyl (C=O) groups is 1. The highest BCUT2D eigenvalue weighted by Gasteiger charge is 2.21. The van der Waals surface area contributed by atoms with Crippen LogP contribution in [0, 0.1) is 19.6 Å². The highest BCUT2D eigenvalue weighted by molar-refractivity contribution is 14.1. The van der Waals surface area contributed by atoms with Gasteiger partial charge in [-0.2, -0.15) is 0 Å². The second kappa shape index (κ2) is 7.20. The summed E-state index contributed by atoms with van der Waals surface area (Å²) in [5, 5.41) is 13.9. The Hall–Kier alpha value is -1.18. The van der Waals surface area contributed by atoms with Gasteiger partial charge in [0.05, 0.1) is 10.5 Å². The first kappa shape index (κ1) is 16.2. The summed E-state index contributed by atoms with van der Waals surface area (Å²) in [5.41, 5.74) is 0.345. The molecule has 21 heavy (non-hydrogen) atoms. The summed E-state index contributed by atoms with van der Waals surface area (Å²) in [6.07, 6.45) is 5.43. The van der Waals surface area contributed by atoms with Crippen LogP contribution in [0.5, 0.6) is 0 Å². The molecule has 1 amide bonds. The standard InChI is InChI=1S/C15H19IN2O3/c1-10-3-2-4-11(6-5-10)17-15(19)13-9-12(18(20)21)7-8-14(13)16/h7-11H,2-6H2,1H3,(H,17,19). The molecule has 0 radical (unpaired) electrons. The molecule has 114 valence electrons. The van der Waals surface area contributed by atoms with Crippen LogP contribution in [-0.4, -0.2) is 16.9 Å². The van der Waals surface area contributed by atoms with Gasteiger partial charge in [0.2, 0.25) is 0 Å². The number of nitrogens with one attached hydrogen (secondary N) is 1. The number of amides is 1. The molecule has 2 rings (SSSR count). The van der Waals surface area contributed by atoms with Crippen molar-refractivity contribution < 1.29 is 9.72 Å². The van der Waals surface area contributed by atoms with E-state index in [2.05, 4.69) is 12.2 Å². The molecule has 1 aliphatic rings. The molecule has 0 bridgehead atoms. The number of non-ortho nitro benzene ring substituents is 1. The molecule has 1 N–H and O–H groups in total. The second-order valence-electron chi connectivity index (χ2n) is 5.71. The van der Waals surface area contributed by atoms with Crippen LogP contribution >= 0.6 is 22.6 Å². The van der Waals surface area contributed by atoms with Crippen molar-refractivity contribution in [1.29, 1.82) is 0 Å². The maximum absolute atomic E-state index is 12.4. The molecule has 1 aromatic carbocycles. The smallest absolute Gasteiger partial charge is 0.270 e. The van der Waals surface area contributed by atoms with Crippen molar-refractivity contribution in [1.82, 2.24) is 5.32 Å². The van der Waals surface area contributed by atoms with E-state index < -0.39 is 4.92 Å². The molecule has 1 saturated carbocycles. The number of hydrogen-bond donors (Lipinski definition) is 1. The third kappa shape index (κ3) is 4.39. The number of hydrogen-bond acceptors (Lipinski definition) is 3. The monoisotopic (exact) mass is 402 g/mol. The molecule has 0 heterocycles. The Labute approximate surface area is 137 Å². The van der Waals surface area contributed by atoms with Gasteiger partial charge < -0.3 is 5.32 Å². The number of rotatable bonds is 3. The van der Waals surface area contributed by atoms with Gasteiger partial charge in [-0.3, -0.25) is 14.9 Å². The number of nitrogens with zero attached hydrogens (tertiary/aromatic N) is 1. The Balaban J connectivity index is 2.09. The van der Waals surface area contributed by atoms with E-state index >= 15 is 0 Å². The van der Waals surface area contributed by atoms with E-state index in [0.29, 0.717) is 11.5 Å². The van der Waals surface area contributed by atoms with Crippen LogP contribution < -0.4 is 5.32 Å². The molecular formula is C15H19IN2O3. The van der Waals surface area contributed by atoms with Gasteiger partial charge in [-0.1, -0.05) is 19.8 Å². The van der Waals surface area contributed by atoms with E-state index in [4.69, 9.17) is 0 Å². The number of nitro groups is 1. The van der Waals surface area contributed by atoms with Crippen LogP contribution in [0.15, 0.2) is 18.2 Å². The Morgan fingerprint density at radius 1 is 1.33 bits per heavy atom. The highest BCUT2D eigenvalue weighted by Crippen LogP contribution is 2.24. The fraction of sp³-hybridized carbons (Fsp3) is 0.533. The van der Waals surface area contributed by atoms with Gasteiger partial charge >= 0.3 is 0 Å². The van der Waals surface area contributed by atoms with E-state index in [9.17, 15) is 14.9 Å². The van der Waals surface area contributed by atoms with Crippen LogP contribution in [0.1, 0.15) is 49.4 Å². The maximum atomic E-state index is 12.4. The molecule has 1 aromatic rings. The zero-order valence-corrected chi connectivity index (χ0v) is 14.1. The van der Waals surface area contributed by atoms with Gasteiger partial charge in [-0.15, -0.1) is 0 Å². The summed E-state index contributed by atoms with van der Waals surface area (Å²) >= 11 is 2.04. The minimum Gasteiger partial charge on any atom is -0.349 e. The lowest BCUT2D eigenvalue weighted by molar-refractivity contribution is -0.384. The van der Waals surface area contributed by atoms with Gasteiger partial charge in [-0.25, -0.2) is 0 Å². The fourth-order valence-corrected chi connectivity index (χ4v) is 3.28. The summed E-state index contributed by atoms with van der Waals surface area (Å²) < 4.78 is 0.734. The summed E-state index contributed by atoms with van der Waals surface area (Å²) in [7, 11) is 0. The summed E-state index contributed by atoms with van der Waals surface area (Å²) in [6.45, 7) is 2.24. The molecule has 0 saturated heterocycles. The van der Waals surface area contributed by atoms with E-state index in [0.717, 1.165) is 29.3 Å². The van der Waals surface area contributed by atoms with Crippen LogP contribution in [-0.2, 0) is 0 Å². The summed E-state index contributed by atoms with van der Waals surface area (Å²) in [4.78, 5) is 22.7. The normalized spacial score (nSPS) is 22.4. The number of carbonyl (C=O) groups excluding carboxylic acids is 1. The van der Waals surface area contributed by atoms with Crippen LogP contribution in [0.2, 0.25) is 0 Å². The predicted molar refractivity (Wildman–Crippen MR) is 89.3 cm³/mol. The van der Waals surface area contributed by atoms with Crippen LogP contribution in [0.25, 0.3) is 0 Å². The third-order valence-electron chi connectivity index (χ3n) is 4.00. The molecule has 2 atom stereocenters. The third-order valence-corrected chi connectivity index (χ3v) is 4.94. The average Bonchev–Trinajstić information content (AvgIpc) is 2.64.